The first-order valence-corrected chi connectivity index (χ1v) is 11.8. The minimum atomic E-state index is -3.76. The number of non-ortho nitro benzene ring substituents is 1. The molecule has 172 valence electrons. The average molecular weight is 454 g/mol. The summed E-state index contributed by atoms with van der Waals surface area (Å²) >= 11 is 0. The van der Waals surface area contributed by atoms with Crippen molar-refractivity contribution in [3.05, 3.63) is 63.7 Å². The highest BCUT2D eigenvalue weighted by atomic mass is 31.2. The van der Waals surface area contributed by atoms with Gasteiger partial charge in [-0.25, -0.2) is 0 Å². The second-order valence-corrected chi connectivity index (χ2v) is 9.46. The highest BCUT2D eigenvalue weighted by Gasteiger charge is 2.37. The molecule has 1 aromatic carbocycles. The van der Waals surface area contributed by atoms with Crippen molar-refractivity contribution in [2.45, 2.75) is 45.8 Å². The smallest absolute Gasteiger partial charge is 0.359 e. The Labute approximate surface area is 183 Å². The normalized spacial score (nSPS) is 16.5. The molecule has 10 heteroatoms. The Morgan fingerprint density at radius 2 is 1.68 bits per heavy atom. The SMILES string of the molecule is CC(C)OCCOP(=O)(OCCOC(C)C)C1=CNC=CC1c1cccc([N+](=O)[O-])c1. The van der Waals surface area contributed by atoms with E-state index in [-0.39, 0.29) is 44.3 Å². The predicted molar refractivity (Wildman–Crippen MR) is 118 cm³/mol. The lowest BCUT2D eigenvalue weighted by molar-refractivity contribution is -0.384. The number of nitro benzene ring substituents is 1. The molecule has 1 aliphatic heterocycles. The Kier molecular flexibility index (Phi) is 9.87. The van der Waals surface area contributed by atoms with E-state index in [1.165, 1.54) is 12.1 Å². The highest BCUT2D eigenvalue weighted by Crippen LogP contribution is 2.61. The molecule has 0 bridgehead atoms. The molecule has 0 spiro atoms. The van der Waals surface area contributed by atoms with Crippen molar-refractivity contribution in [3.8, 4) is 0 Å². The van der Waals surface area contributed by atoms with Gasteiger partial charge >= 0.3 is 7.60 Å². The molecule has 1 atom stereocenters. The van der Waals surface area contributed by atoms with Crippen molar-refractivity contribution in [2.75, 3.05) is 26.4 Å². The number of rotatable bonds is 13. The molecule has 1 heterocycles. The van der Waals surface area contributed by atoms with Gasteiger partial charge in [0, 0.05) is 24.3 Å². The molecular formula is C21H31N2O7P. The van der Waals surface area contributed by atoms with E-state index in [1.807, 2.05) is 27.7 Å². The van der Waals surface area contributed by atoms with Gasteiger partial charge in [0.25, 0.3) is 5.69 Å². The summed E-state index contributed by atoms with van der Waals surface area (Å²) in [7, 11) is -3.76. The maximum absolute atomic E-state index is 13.8. The molecule has 0 radical (unpaired) electrons. The number of nitrogens with one attached hydrogen (secondary N) is 1. The number of nitro groups is 1. The zero-order valence-electron chi connectivity index (χ0n) is 18.4. The minimum Gasteiger partial charge on any atom is -0.376 e. The van der Waals surface area contributed by atoms with E-state index in [9.17, 15) is 14.7 Å². The van der Waals surface area contributed by atoms with Gasteiger partial charge in [-0.15, -0.1) is 0 Å². The number of allylic oxidation sites excluding steroid dienone is 2. The van der Waals surface area contributed by atoms with Gasteiger partial charge in [-0.3, -0.25) is 14.7 Å². The summed E-state index contributed by atoms with van der Waals surface area (Å²) in [6.45, 7) is 8.25. The van der Waals surface area contributed by atoms with E-state index in [1.54, 1.807) is 30.6 Å². The minimum absolute atomic E-state index is 0.0134. The third kappa shape index (κ3) is 7.87. The van der Waals surface area contributed by atoms with Gasteiger partial charge in [0.1, 0.15) is 0 Å². The van der Waals surface area contributed by atoms with Crippen LogP contribution < -0.4 is 5.32 Å². The van der Waals surface area contributed by atoms with Crippen molar-refractivity contribution < 1.29 is 28.0 Å². The van der Waals surface area contributed by atoms with E-state index >= 15 is 0 Å². The molecule has 9 nitrogen and oxygen atoms in total. The zero-order valence-corrected chi connectivity index (χ0v) is 19.2. The molecule has 2 rings (SSSR count). The van der Waals surface area contributed by atoms with Gasteiger partial charge < -0.3 is 23.8 Å². The molecule has 0 fully saturated rings. The van der Waals surface area contributed by atoms with E-state index in [2.05, 4.69) is 5.32 Å². The lowest BCUT2D eigenvalue weighted by atomic mass is 9.97. The molecule has 1 N–H and O–H groups in total. The fourth-order valence-electron chi connectivity index (χ4n) is 2.91. The van der Waals surface area contributed by atoms with Crippen LogP contribution in [0.2, 0.25) is 0 Å². The van der Waals surface area contributed by atoms with Gasteiger partial charge in [0.2, 0.25) is 0 Å². The first-order valence-electron chi connectivity index (χ1n) is 10.2. The quantitative estimate of drug-likeness (QED) is 0.197. The Morgan fingerprint density at radius 1 is 1.06 bits per heavy atom. The van der Waals surface area contributed by atoms with E-state index in [4.69, 9.17) is 18.5 Å². The number of dihydropyridines is 1. The highest BCUT2D eigenvalue weighted by molar-refractivity contribution is 7.58. The second-order valence-electron chi connectivity index (χ2n) is 7.43. The van der Waals surface area contributed by atoms with Crippen molar-refractivity contribution in [1.29, 1.82) is 0 Å². The molecule has 31 heavy (non-hydrogen) atoms. The van der Waals surface area contributed by atoms with Crippen molar-refractivity contribution in [3.63, 3.8) is 0 Å². The van der Waals surface area contributed by atoms with Gasteiger partial charge in [-0.2, -0.15) is 0 Å². The van der Waals surface area contributed by atoms with Gasteiger partial charge in [0.05, 0.1) is 48.9 Å². The summed E-state index contributed by atoms with van der Waals surface area (Å²) in [5, 5.41) is 14.5. The summed E-state index contributed by atoms with van der Waals surface area (Å²) < 4.78 is 36.3. The van der Waals surface area contributed by atoms with Crippen LogP contribution in [0.4, 0.5) is 5.69 Å². The Hall–Kier alpha value is -2.03. The maximum atomic E-state index is 13.8. The van der Waals surface area contributed by atoms with E-state index < -0.39 is 18.4 Å². The number of hydrogen-bond donors (Lipinski definition) is 1. The fourth-order valence-corrected chi connectivity index (χ4v) is 4.72. The summed E-state index contributed by atoms with van der Waals surface area (Å²) in [5.41, 5.74) is 0.568. The van der Waals surface area contributed by atoms with Crippen molar-refractivity contribution >= 4 is 13.3 Å². The second kappa shape index (κ2) is 12.1. The Morgan fingerprint density at radius 3 is 2.23 bits per heavy atom. The number of hydrogen-bond acceptors (Lipinski definition) is 8. The molecule has 0 amide bonds. The summed E-state index contributed by atoms with van der Waals surface area (Å²) in [6.07, 6.45) is 5.04. The topological polar surface area (TPSA) is 109 Å². The lowest BCUT2D eigenvalue weighted by Crippen LogP contribution is -2.17. The largest absolute Gasteiger partial charge is 0.376 e. The van der Waals surface area contributed by atoms with E-state index in [0.717, 1.165) is 0 Å². The zero-order chi connectivity index (χ0) is 22.9. The van der Waals surface area contributed by atoms with Crippen LogP contribution in [-0.4, -0.2) is 43.6 Å². The van der Waals surface area contributed by atoms with Crippen molar-refractivity contribution in [2.24, 2.45) is 0 Å². The third-order valence-electron chi connectivity index (χ3n) is 4.28. The monoisotopic (exact) mass is 454 g/mol. The number of ether oxygens (including phenoxy) is 2. The molecule has 1 unspecified atom stereocenters. The van der Waals surface area contributed by atoms with Gasteiger partial charge in [-0.05, 0) is 39.5 Å². The number of nitrogens with zero attached hydrogens (tertiary/aromatic N) is 1. The molecule has 0 saturated heterocycles. The molecular weight excluding hydrogens is 423 g/mol. The van der Waals surface area contributed by atoms with E-state index in [0.29, 0.717) is 10.9 Å². The van der Waals surface area contributed by atoms with Crippen molar-refractivity contribution in [1.82, 2.24) is 5.32 Å². The van der Waals surface area contributed by atoms with Gasteiger partial charge in [0.15, 0.2) is 0 Å². The fraction of sp³-hybridized carbons (Fsp3) is 0.524. The third-order valence-corrected chi connectivity index (χ3v) is 6.37. The summed E-state index contributed by atoms with van der Waals surface area (Å²) in [4.78, 5) is 10.7. The molecule has 0 aromatic heterocycles. The Balaban J connectivity index is 2.25. The average Bonchev–Trinajstić information content (AvgIpc) is 2.74. The van der Waals surface area contributed by atoms with Crippen LogP contribution in [0.25, 0.3) is 0 Å². The molecule has 1 aromatic rings. The van der Waals surface area contributed by atoms with Crippen LogP contribution in [0, 0.1) is 10.1 Å². The predicted octanol–water partition coefficient (Wildman–Crippen LogP) is 4.71. The van der Waals surface area contributed by atoms with Gasteiger partial charge in [-0.1, -0.05) is 18.2 Å². The molecule has 0 aliphatic carbocycles. The maximum Gasteiger partial charge on any atom is 0.359 e. The standard InChI is InChI=1S/C21H31N2O7P/c1-16(2)27-10-12-29-31(26,30-13-11-28-17(3)4)21-15-22-9-8-20(21)18-6-5-7-19(14-18)23(24)25/h5-9,14-17,20,22H,10-13H2,1-4H3. The molecule has 0 saturated carbocycles. The number of benzene rings is 1. The van der Waals surface area contributed by atoms with Crippen LogP contribution in [0.15, 0.2) is 48.1 Å². The molecule has 1 aliphatic rings. The van der Waals surface area contributed by atoms with Crippen LogP contribution >= 0.6 is 7.60 Å². The Bertz CT molecular complexity index is 819. The summed E-state index contributed by atoms with van der Waals surface area (Å²) in [6, 6.07) is 6.22. The first-order chi connectivity index (χ1) is 14.7. The summed E-state index contributed by atoms with van der Waals surface area (Å²) in [5.74, 6) is -0.510. The van der Waals surface area contributed by atoms with Crippen LogP contribution in [0.3, 0.4) is 0 Å². The lowest BCUT2D eigenvalue weighted by Gasteiger charge is -2.28. The van der Waals surface area contributed by atoms with Crippen LogP contribution in [-0.2, 0) is 23.1 Å². The first kappa shape index (κ1) is 25.2. The van der Waals surface area contributed by atoms with Crippen LogP contribution in [0.1, 0.15) is 39.2 Å². The van der Waals surface area contributed by atoms with Crippen LogP contribution in [0.5, 0.6) is 0 Å².